The predicted octanol–water partition coefficient (Wildman–Crippen LogP) is 1.81. The van der Waals surface area contributed by atoms with Crippen molar-refractivity contribution in [3.05, 3.63) is 48.0 Å². The smallest absolute Gasteiger partial charge is 0.211 e. The van der Waals surface area contributed by atoms with Gasteiger partial charge in [-0.3, -0.25) is 4.79 Å². The standard InChI is InChI=1S/C12H13N3O/c1-10-13-5-6-15(10)8-11-3-2-4-12(7-11)14-9-16/h2-7,9H,8H2,1H3,(H,14,16). The Kier molecular flexibility index (Phi) is 3.00. The Balaban J connectivity index is 2.18. The van der Waals surface area contributed by atoms with Crippen molar-refractivity contribution in [1.82, 2.24) is 9.55 Å². The Morgan fingerprint density at radius 1 is 1.50 bits per heavy atom. The molecule has 0 saturated heterocycles. The number of rotatable bonds is 4. The fourth-order valence-electron chi connectivity index (χ4n) is 1.60. The molecule has 16 heavy (non-hydrogen) atoms. The first-order valence-electron chi connectivity index (χ1n) is 5.06. The van der Waals surface area contributed by atoms with E-state index in [0.29, 0.717) is 6.41 Å². The summed E-state index contributed by atoms with van der Waals surface area (Å²) in [5, 5.41) is 2.64. The normalized spacial score (nSPS) is 10.1. The van der Waals surface area contributed by atoms with Crippen molar-refractivity contribution < 1.29 is 4.79 Å². The summed E-state index contributed by atoms with van der Waals surface area (Å²) in [6.45, 7) is 2.73. The van der Waals surface area contributed by atoms with Gasteiger partial charge in [0.05, 0.1) is 0 Å². The van der Waals surface area contributed by atoms with Crippen molar-refractivity contribution in [2.45, 2.75) is 13.5 Å². The maximum absolute atomic E-state index is 10.3. The maximum atomic E-state index is 10.3. The van der Waals surface area contributed by atoms with E-state index in [4.69, 9.17) is 0 Å². The number of anilines is 1. The number of carbonyl (C=O) groups is 1. The summed E-state index contributed by atoms with van der Waals surface area (Å²) in [6, 6.07) is 7.76. The van der Waals surface area contributed by atoms with Crippen LogP contribution < -0.4 is 5.32 Å². The van der Waals surface area contributed by atoms with Crippen LogP contribution in [-0.4, -0.2) is 16.0 Å². The Morgan fingerprint density at radius 2 is 2.38 bits per heavy atom. The Morgan fingerprint density at radius 3 is 3.06 bits per heavy atom. The van der Waals surface area contributed by atoms with Gasteiger partial charge in [-0.05, 0) is 24.6 Å². The molecule has 0 spiro atoms. The third kappa shape index (κ3) is 2.28. The molecular formula is C12H13N3O. The molecule has 1 heterocycles. The maximum Gasteiger partial charge on any atom is 0.211 e. The Bertz CT molecular complexity index is 491. The molecule has 0 aliphatic heterocycles. The van der Waals surface area contributed by atoms with E-state index in [1.54, 1.807) is 6.20 Å². The first kappa shape index (κ1) is 10.4. The van der Waals surface area contributed by atoms with Crippen LogP contribution in [0.1, 0.15) is 11.4 Å². The Hall–Kier alpha value is -2.10. The van der Waals surface area contributed by atoms with E-state index in [0.717, 1.165) is 23.6 Å². The second kappa shape index (κ2) is 4.61. The van der Waals surface area contributed by atoms with E-state index in [-0.39, 0.29) is 0 Å². The highest BCUT2D eigenvalue weighted by Crippen LogP contribution is 2.11. The lowest BCUT2D eigenvalue weighted by atomic mass is 10.2. The summed E-state index contributed by atoms with van der Waals surface area (Å²) >= 11 is 0. The highest BCUT2D eigenvalue weighted by Gasteiger charge is 1.99. The molecule has 0 saturated carbocycles. The van der Waals surface area contributed by atoms with Gasteiger partial charge in [-0.1, -0.05) is 12.1 Å². The van der Waals surface area contributed by atoms with E-state index >= 15 is 0 Å². The van der Waals surface area contributed by atoms with Gasteiger partial charge in [-0.15, -0.1) is 0 Å². The summed E-state index contributed by atoms with van der Waals surface area (Å²) in [4.78, 5) is 14.5. The predicted molar refractivity (Wildman–Crippen MR) is 62.2 cm³/mol. The molecule has 2 aromatic rings. The topological polar surface area (TPSA) is 46.9 Å². The molecule has 1 aromatic heterocycles. The molecule has 0 unspecified atom stereocenters. The van der Waals surface area contributed by atoms with E-state index < -0.39 is 0 Å². The van der Waals surface area contributed by atoms with Gasteiger partial charge in [0, 0.05) is 24.6 Å². The van der Waals surface area contributed by atoms with E-state index in [1.165, 1.54) is 0 Å². The van der Waals surface area contributed by atoms with Crippen LogP contribution in [0.5, 0.6) is 0 Å². The molecule has 0 radical (unpaired) electrons. The quantitative estimate of drug-likeness (QED) is 0.790. The number of nitrogens with zero attached hydrogens (tertiary/aromatic N) is 2. The molecule has 0 fully saturated rings. The van der Waals surface area contributed by atoms with Gasteiger partial charge in [-0.2, -0.15) is 0 Å². The fraction of sp³-hybridized carbons (Fsp3) is 0.167. The Labute approximate surface area is 93.9 Å². The van der Waals surface area contributed by atoms with E-state index in [1.807, 2.05) is 37.4 Å². The van der Waals surface area contributed by atoms with Gasteiger partial charge in [0.1, 0.15) is 5.82 Å². The molecular weight excluding hydrogens is 202 g/mol. The summed E-state index contributed by atoms with van der Waals surface area (Å²) in [6.07, 6.45) is 4.40. The second-order valence-electron chi connectivity index (χ2n) is 3.56. The minimum Gasteiger partial charge on any atom is -0.331 e. The number of imidazole rings is 1. The third-order valence-electron chi connectivity index (χ3n) is 2.43. The van der Waals surface area contributed by atoms with Gasteiger partial charge >= 0.3 is 0 Å². The number of aromatic nitrogens is 2. The van der Waals surface area contributed by atoms with Crippen molar-refractivity contribution in [3.8, 4) is 0 Å². The number of benzene rings is 1. The highest BCUT2D eigenvalue weighted by atomic mass is 16.1. The lowest BCUT2D eigenvalue weighted by molar-refractivity contribution is -0.105. The summed E-state index contributed by atoms with van der Waals surface area (Å²) < 4.78 is 2.06. The summed E-state index contributed by atoms with van der Waals surface area (Å²) in [5.41, 5.74) is 1.94. The third-order valence-corrected chi connectivity index (χ3v) is 2.43. The van der Waals surface area contributed by atoms with Crippen molar-refractivity contribution in [1.29, 1.82) is 0 Å². The molecule has 2 rings (SSSR count). The zero-order valence-corrected chi connectivity index (χ0v) is 9.05. The van der Waals surface area contributed by atoms with Crippen LogP contribution in [0.25, 0.3) is 0 Å². The highest BCUT2D eigenvalue weighted by molar-refractivity contribution is 5.71. The van der Waals surface area contributed by atoms with Crippen LogP contribution in [0.4, 0.5) is 5.69 Å². The molecule has 1 N–H and O–H groups in total. The van der Waals surface area contributed by atoms with Crippen LogP contribution in [-0.2, 0) is 11.3 Å². The average molecular weight is 215 g/mol. The molecule has 1 amide bonds. The number of carbonyl (C=O) groups excluding carboxylic acids is 1. The molecule has 0 aliphatic rings. The molecule has 0 atom stereocenters. The largest absolute Gasteiger partial charge is 0.331 e. The van der Waals surface area contributed by atoms with Crippen LogP contribution in [0, 0.1) is 6.92 Å². The van der Waals surface area contributed by atoms with Crippen molar-refractivity contribution in [3.63, 3.8) is 0 Å². The average Bonchev–Trinajstić information content (AvgIpc) is 2.66. The number of amides is 1. The zero-order chi connectivity index (χ0) is 11.4. The van der Waals surface area contributed by atoms with Crippen LogP contribution in [0.2, 0.25) is 0 Å². The summed E-state index contributed by atoms with van der Waals surface area (Å²) in [7, 11) is 0. The zero-order valence-electron chi connectivity index (χ0n) is 9.05. The minimum atomic E-state index is 0.682. The second-order valence-corrected chi connectivity index (χ2v) is 3.56. The lowest BCUT2D eigenvalue weighted by Gasteiger charge is -2.06. The molecule has 4 nitrogen and oxygen atoms in total. The van der Waals surface area contributed by atoms with Crippen molar-refractivity contribution in [2.75, 3.05) is 5.32 Å². The SMILES string of the molecule is Cc1nccn1Cc1cccc(NC=O)c1. The lowest BCUT2D eigenvalue weighted by Crippen LogP contribution is -2.01. The molecule has 82 valence electrons. The minimum absolute atomic E-state index is 0.682. The molecule has 0 bridgehead atoms. The van der Waals surface area contributed by atoms with Crippen molar-refractivity contribution in [2.24, 2.45) is 0 Å². The van der Waals surface area contributed by atoms with Crippen molar-refractivity contribution >= 4 is 12.1 Å². The van der Waals surface area contributed by atoms with Gasteiger partial charge in [0.2, 0.25) is 6.41 Å². The molecule has 1 aromatic carbocycles. The van der Waals surface area contributed by atoms with Crippen LogP contribution in [0.3, 0.4) is 0 Å². The van der Waals surface area contributed by atoms with E-state index in [9.17, 15) is 4.79 Å². The number of aryl methyl sites for hydroxylation is 1. The molecule has 0 aliphatic carbocycles. The van der Waals surface area contributed by atoms with Gasteiger partial charge < -0.3 is 9.88 Å². The van der Waals surface area contributed by atoms with Gasteiger partial charge in [-0.25, -0.2) is 4.98 Å². The fourth-order valence-corrected chi connectivity index (χ4v) is 1.60. The first-order valence-corrected chi connectivity index (χ1v) is 5.06. The van der Waals surface area contributed by atoms with Crippen LogP contribution >= 0.6 is 0 Å². The van der Waals surface area contributed by atoms with E-state index in [2.05, 4.69) is 14.9 Å². The van der Waals surface area contributed by atoms with Gasteiger partial charge in [0.15, 0.2) is 0 Å². The van der Waals surface area contributed by atoms with Crippen LogP contribution in [0.15, 0.2) is 36.7 Å². The first-order chi connectivity index (χ1) is 7.79. The monoisotopic (exact) mass is 215 g/mol. The number of hydrogen-bond donors (Lipinski definition) is 1. The number of hydrogen-bond acceptors (Lipinski definition) is 2. The summed E-state index contributed by atoms with van der Waals surface area (Å²) in [5.74, 6) is 0.980. The van der Waals surface area contributed by atoms with Gasteiger partial charge in [0.25, 0.3) is 0 Å². The number of nitrogens with one attached hydrogen (secondary N) is 1. The molecule has 4 heteroatoms.